The molecule has 0 saturated heterocycles. The molecule has 1 nitrogen and oxygen atoms in total. The van der Waals surface area contributed by atoms with Gasteiger partial charge in [-0.05, 0) is 30.8 Å². The molecule has 0 aliphatic carbocycles. The average molecular weight is 225 g/mol. The molecule has 0 saturated carbocycles. The highest BCUT2D eigenvalue weighted by Crippen LogP contribution is 2.24. The van der Waals surface area contributed by atoms with Crippen molar-refractivity contribution in [3.63, 3.8) is 0 Å². The zero-order valence-electron chi connectivity index (χ0n) is 9.96. The minimum absolute atomic E-state index is 0.594. The highest BCUT2D eigenvalue weighted by Gasteiger charge is 2.10. The SMILES string of the molecule is CCCCCC(NCCC)c1cccs1. The summed E-state index contributed by atoms with van der Waals surface area (Å²) in [6.07, 6.45) is 6.51. The standard InChI is InChI=1S/C13H23NS/c1-3-5-6-8-12(14-10-4-2)13-9-7-11-15-13/h7,9,11-12,14H,3-6,8,10H2,1-2H3. The van der Waals surface area contributed by atoms with Gasteiger partial charge in [-0.2, -0.15) is 0 Å². The van der Waals surface area contributed by atoms with E-state index in [-0.39, 0.29) is 0 Å². The first-order valence-corrected chi connectivity index (χ1v) is 7.03. The number of hydrogen-bond acceptors (Lipinski definition) is 2. The third kappa shape index (κ3) is 4.80. The van der Waals surface area contributed by atoms with E-state index in [1.54, 1.807) is 0 Å². The number of thiophene rings is 1. The summed E-state index contributed by atoms with van der Waals surface area (Å²) in [4.78, 5) is 1.50. The van der Waals surface area contributed by atoms with Crippen LogP contribution in [0.4, 0.5) is 0 Å². The third-order valence-electron chi connectivity index (χ3n) is 2.62. The van der Waals surface area contributed by atoms with E-state index in [9.17, 15) is 0 Å². The van der Waals surface area contributed by atoms with Crippen molar-refractivity contribution in [3.8, 4) is 0 Å². The molecule has 0 aliphatic rings. The first kappa shape index (κ1) is 12.7. The Morgan fingerprint density at radius 2 is 2.13 bits per heavy atom. The molecule has 1 rings (SSSR count). The van der Waals surface area contributed by atoms with E-state index in [1.807, 2.05) is 11.3 Å². The second-order valence-corrected chi connectivity index (χ2v) is 5.00. The molecule has 1 unspecified atom stereocenters. The fourth-order valence-corrected chi connectivity index (χ4v) is 2.59. The summed E-state index contributed by atoms with van der Waals surface area (Å²) in [5, 5.41) is 5.82. The fraction of sp³-hybridized carbons (Fsp3) is 0.692. The maximum absolute atomic E-state index is 3.64. The Kier molecular flexibility index (Phi) is 6.69. The molecule has 1 N–H and O–H groups in total. The predicted molar refractivity (Wildman–Crippen MR) is 69.5 cm³/mol. The molecular weight excluding hydrogens is 202 g/mol. The molecule has 1 aromatic rings. The lowest BCUT2D eigenvalue weighted by atomic mass is 10.1. The zero-order valence-corrected chi connectivity index (χ0v) is 10.8. The van der Waals surface area contributed by atoms with Gasteiger partial charge < -0.3 is 5.32 Å². The van der Waals surface area contributed by atoms with Gasteiger partial charge in [-0.25, -0.2) is 0 Å². The van der Waals surface area contributed by atoms with E-state index in [0.717, 1.165) is 6.54 Å². The number of rotatable bonds is 8. The molecule has 0 spiro atoms. The predicted octanol–water partition coefficient (Wildman–Crippen LogP) is 4.37. The van der Waals surface area contributed by atoms with E-state index in [4.69, 9.17) is 0 Å². The quantitative estimate of drug-likeness (QED) is 0.648. The van der Waals surface area contributed by atoms with Crippen LogP contribution in [0.3, 0.4) is 0 Å². The Morgan fingerprint density at radius 1 is 1.27 bits per heavy atom. The second-order valence-electron chi connectivity index (χ2n) is 4.02. The third-order valence-corrected chi connectivity index (χ3v) is 3.61. The Morgan fingerprint density at radius 3 is 2.73 bits per heavy atom. The molecular formula is C13H23NS. The maximum atomic E-state index is 3.64. The van der Waals surface area contributed by atoms with Gasteiger partial charge in [-0.1, -0.05) is 39.2 Å². The summed E-state index contributed by atoms with van der Waals surface area (Å²) in [5.41, 5.74) is 0. The van der Waals surface area contributed by atoms with E-state index in [2.05, 4.69) is 36.7 Å². The molecule has 15 heavy (non-hydrogen) atoms. The first-order chi connectivity index (χ1) is 7.38. The number of nitrogens with one attached hydrogen (secondary N) is 1. The second kappa shape index (κ2) is 7.89. The largest absolute Gasteiger partial charge is 0.309 e. The van der Waals surface area contributed by atoms with Gasteiger partial charge in [-0.3, -0.25) is 0 Å². The molecule has 0 aliphatic heterocycles. The molecule has 0 fully saturated rings. The van der Waals surface area contributed by atoms with Crippen LogP contribution in [-0.4, -0.2) is 6.54 Å². The topological polar surface area (TPSA) is 12.0 Å². The molecule has 2 heteroatoms. The average Bonchev–Trinajstić information content (AvgIpc) is 2.76. The van der Waals surface area contributed by atoms with Crippen molar-refractivity contribution >= 4 is 11.3 Å². The van der Waals surface area contributed by atoms with Crippen LogP contribution in [0.1, 0.15) is 56.9 Å². The van der Waals surface area contributed by atoms with Crippen LogP contribution in [0.15, 0.2) is 17.5 Å². The summed E-state index contributed by atoms with van der Waals surface area (Å²) in [7, 11) is 0. The van der Waals surface area contributed by atoms with Crippen molar-refractivity contribution in [1.29, 1.82) is 0 Å². The van der Waals surface area contributed by atoms with Crippen LogP contribution in [0.2, 0.25) is 0 Å². The van der Waals surface area contributed by atoms with E-state index in [1.165, 1.54) is 37.0 Å². The van der Waals surface area contributed by atoms with Gasteiger partial charge in [0.05, 0.1) is 0 Å². The Hall–Kier alpha value is -0.340. The van der Waals surface area contributed by atoms with Crippen molar-refractivity contribution in [2.75, 3.05) is 6.54 Å². The lowest BCUT2D eigenvalue weighted by Crippen LogP contribution is -2.21. The van der Waals surface area contributed by atoms with E-state index in [0.29, 0.717) is 6.04 Å². The van der Waals surface area contributed by atoms with Crippen molar-refractivity contribution in [2.45, 2.75) is 52.0 Å². The smallest absolute Gasteiger partial charge is 0.0414 e. The van der Waals surface area contributed by atoms with Crippen LogP contribution >= 0.6 is 11.3 Å². The molecule has 0 amide bonds. The Labute approximate surface area is 97.9 Å². The summed E-state index contributed by atoms with van der Waals surface area (Å²) >= 11 is 1.88. The van der Waals surface area contributed by atoms with Gasteiger partial charge in [0.15, 0.2) is 0 Å². The van der Waals surface area contributed by atoms with Crippen molar-refractivity contribution in [2.24, 2.45) is 0 Å². The normalized spacial score (nSPS) is 12.9. The molecule has 1 aromatic heterocycles. The van der Waals surface area contributed by atoms with Gasteiger partial charge in [0.25, 0.3) is 0 Å². The molecule has 0 bridgehead atoms. The van der Waals surface area contributed by atoms with Gasteiger partial charge in [0, 0.05) is 10.9 Å². The summed E-state index contributed by atoms with van der Waals surface area (Å²) < 4.78 is 0. The van der Waals surface area contributed by atoms with Gasteiger partial charge >= 0.3 is 0 Å². The minimum atomic E-state index is 0.594. The lowest BCUT2D eigenvalue weighted by molar-refractivity contribution is 0.480. The number of hydrogen-bond donors (Lipinski definition) is 1. The monoisotopic (exact) mass is 225 g/mol. The summed E-state index contributed by atoms with van der Waals surface area (Å²) in [6.45, 7) is 5.62. The highest BCUT2D eigenvalue weighted by atomic mass is 32.1. The van der Waals surface area contributed by atoms with Crippen molar-refractivity contribution < 1.29 is 0 Å². The maximum Gasteiger partial charge on any atom is 0.0414 e. The Bertz CT molecular complexity index is 231. The lowest BCUT2D eigenvalue weighted by Gasteiger charge is -2.16. The molecule has 0 aromatic carbocycles. The molecule has 0 radical (unpaired) electrons. The fourth-order valence-electron chi connectivity index (χ4n) is 1.75. The van der Waals surface area contributed by atoms with Gasteiger partial charge in [0.2, 0.25) is 0 Å². The molecule has 86 valence electrons. The highest BCUT2D eigenvalue weighted by molar-refractivity contribution is 7.10. The van der Waals surface area contributed by atoms with Crippen molar-refractivity contribution in [1.82, 2.24) is 5.32 Å². The van der Waals surface area contributed by atoms with E-state index >= 15 is 0 Å². The van der Waals surface area contributed by atoms with Crippen LogP contribution in [0.5, 0.6) is 0 Å². The minimum Gasteiger partial charge on any atom is -0.309 e. The van der Waals surface area contributed by atoms with Crippen LogP contribution in [0, 0.1) is 0 Å². The van der Waals surface area contributed by atoms with Crippen LogP contribution < -0.4 is 5.32 Å². The van der Waals surface area contributed by atoms with E-state index < -0.39 is 0 Å². The number of unbranched alkanes of at least 4 members (excludes halogenated alkanes) is 2. The summed E-state index contributed by atoms with van der Waals surface area (Å²) in [6, 6.07) is 5.00. The molecule has 1 atom stereocenters. The van der Waals surface area contributed by atoms with Crippen LogP contribution in [0.25, 0.3) is 0 Å². The molecule has 1 heterocycles. The van der Waals surface area contributed by atoms with Gasteiger partial charge in [0.1, 0.15) is 0 Å². The Balaban J connectivity index is 2.39. The van der Waals surface area contributed by atoms with Crippen molar-refractivity contribution in [3.05, 3.63) is 22.4 Å². The summed E-state index contributed by atoms with van der Waals surface area (Å²) in [5.74, 6) is 0. The van der Waals surface area contributed by atoms with Gasteiger partial charge in [-0.15, -0.1) is 11.3 Å². The first-order valence-electron chi connectivity index (χ1n) is 6.15. The zero-order chi connectivity index (χ0) is 10.9. The van der Waals surface area contributed by atoms with Crippen LogP contribution in [-0.2, 0) is 0 Å².